The molecule has 2 aliphatic rings. The van der Waals surface area contributed by atoms with Crippen LogP contribution in [-0.2, 0) is 0 Å². The topological polar surface area (TPSA) is 0 Å². The Morgan fingerprint density at radius 3 is 2.28 bits per heavy atom. The van der Waals surface area contributed by atoms with Crippen LogP contribution in [-0.4, -0.2) is 18.3 Å². The van der Waals surface area contributed by atoms with Crippen LogP contribution >= 0.6 is 0 Å². The van der Waals surface area contributed by atoms with Crippen molar-refractivity contribution >= 4 is 0 Å². The zero-order valence-electron chi connectivity index (χ0n) is 9.35. The smallest absolute Gasteiger partial charge is 0.203 e. The van der Waals surface area contributed by atoms with Gasteiger partial charge in [-0.15, -0.1) is 0 Å². The van der Waals surface area contributed by atoms with Crippen molar-refractivity contribution in [1.29, 1.82) is 0 Å². The van der Waals surface area contributed by atoms with Gasteiger partial charge in [0, 0.05) is 6.42 Å². The van der Waals surface area contributed by atoms with E-state index in [2.05, 4.69) is 0 Å². The molecule has 0 aromatic carbocycles. The van der Waals surface area contributed by atoms with Gasteiger partial charge in [-0.25, -0.2) is 8.78 Å². The molecule has 0 aromatic rings. The summed E-state index contributed by atoms with van der Waals surface area (Å²) in [5, 5.41) is 0. The van der Waals surface area contributed by atoms with Crippen molar-refractivity contribution in [3.8, 4) is 0 Å². The number of halogens is 6. The van der Waals surface area contributed by atoms with Crippen molar-refractivity contribution in [2.75, 3.05) is 0 Å². The number of hydrogen-bond donors (Lipinski definition) is 0. The second-order valence-electron chi connectivity index (χ2n) is 4.76. The molecule has 0 heterocycles. The zero-order chi connectivity index (χ0) is 13.6. The van der Waals surface area contributed by atoms with Crippen LogP contribution in [0.2, 0.25) is 0 Å². The van der Waals surface area contributed by atoms with E-state index >= 15 is 0 Å². The Morgan fingerprint density at radius 2 is 1.83 bits per heavy atom. The average molecular weight is 270 g/mol. The Balaban J connectivity index is 1.96. The first-order chi connectivity index (χ1) is 8.24. The summed E-state index contributed by atoms with van der Waals surface area (Å²) in [5.41, 5.74) is 0.659. The third-order valence-electron chi connectivity index (χ3n) is 3.51. The minimum absolute atomic E-state index is 0.0194. The van der Waals surface area contributed by atoms with Crippen molar-refractivity contribution in [2.24, 2.45) is 11.8 Å². The second-order valence-corrected chi connectivity index (χ2v) is 4.76. The molecular weight excluding hydrogens is 258 g/mol. The predicted octanol–water partition coefficient (Wildman–Crippen LogP) is 4.43. The van der Waals surface area contributed by atoms with E-state index in [4.69, 9.17) is 0 Å². The van der Waals surface area contributed by atoms with E-state index in [9.17, 15) is 26.3 Å². The van der Waals surface area contributed by atoms with Gasteiger partial charge in [0.05, 0.1) is 0 Å². The molecule has 2 aliphatic carbocycles. The normalized spacial score (nSPS) is 27.2. The van der Waals surface area contributed by atoms with Crippen LogP contribution < -0.4 is 0 Å². The lowest BCUT2D eigenvalue weighted by Crippen LogP contribution is -2.46. The molecule has 0 aromatic heterocycles. The number of hydrogen-bond acceptors (Lipinski definition) is 0. The lowest BCUT2D eigenvalue weighted by atomic mass is 9.95. The van der Waals surface area contributed by atoms with Crippen LogP contribution in [0.4, 0.5) is 26.3 Å². The number of rotatable bonds is 5. The van der Waals surface area contributed by atoms with E-state index in [1.54, 1.807) is 6.08 Å². The summed E-state index contributed by atoms with van der Waals surface area (Å²) in [5.74, 6) is -9.73. The fourth-order valence-corrected chi connectivity index (χ4v) is 2.42. The Labute approximate surface area is 100 Å². The van der Waals surface area contributed by atoms with Crippen LogP contribution in [0.25, 0.3) is 0 Å². The summed E-state index contributed by atoms with van der Waals surface area (Å²) in [6, 6.07) is 0. The summed E-state index contributed by atoms with van der Waals surface area (Å²) >= 11 is 0. The molecule has 2 unspecified atom stereocenters. The van der Waals surface area contributed by atoms with Crippen LogP contribution in [0.5, 0.6) is 0 Å². The average Bonchev–Trinajstić information content (AvgIpc) is 2.87. The maximum absolute atomic E-state index is 13.1. The minimum atomic E-state index is -5.26. The van der Waals surface area contributed by atoms with Gasteiger partial charge in [-0.1, -0.05) is 23.8 Å². The van der Waals surface area contributed by atoms with Gasteiger partial charge in [0.1, 0.15) is 0 Å². The summed E-state index contributed by atoms with van der Waals surface area (Å²) in [6.45, 7) is 0. The highest BCUT2D eigenvalue weighted by Crippen LogP contribution is 2.45. The second kappa shape index (κ2) is 4.31. The first kappa shape index (κ1) is 13.5. The molecule has 0 radical (unpaired) electrons. The van der Waals surface area contributed by atoms with E-state index < -0.39 is 24.7 Å². The van der Waals surface area contributed by atoms with Crippen LogP contribution in [0, 0.1) is 11.8 Å². The number of fused-ring (bicyclic) bond motifs is 2. The molecule has 0 saturated heterocycles. The van der Waals surface area contributed by atoms with Gasteiger partial charge < -0.3 is 0 Å². The molecule has 102 valence electrons. The van der Waals surface area contributed by atoms with E-state index in [1.165, 1.54) is 0 Å². The molecule has 6 heteroatoms. The summed E-state index contributed by atoms with van der Waals surface area (Å²) in [7, 11) is 0. The van der Waals surface area contributed by atoms with Crippen molar-refractivity contribution in [3.63, 3.8) is 0 Å². The predicted molar refractivity (Wildman–Crippen MR) is 54.0 cm³/mol. The molecule has 0 N–H and O–H groups in total. The van der Waals surface area contributed by atoms with Gasteiger partial charge in [-0.05, 0) is 24.7 Å². The molecule has 0 aliphatic heterocycles. The summed E-state index contributed by atoms with van der Waals surface area (Å²) < 4.78 is 75.3. The highest BCUT2D eigenvalue weighted by molar-refractivity contribution is 5.30. The van der Waals surface area contributed by atoms with Crippen LogP contribution in [0.15, 0.2) is 23.8 Å². The van der Waals surface area contributed by atoms with Gasteiger partial charge in [0.15, 0.2) is 0 Å². The highest BCUT2D eigenvalue weighted by Gasteiger charge is 2.62. The third kappa shape index (κ3) is 2.17. The maximum atomic E-state index is 13.1. The molecule has 0 nitrogen and oxygen atoms in total. The molecule has 18 heavy (non-hydrogen) atoms. The largest absolute Gasteiger partial charge is 0.369 e. The molecule has 0 saturated carbocycles. The Hall–Kier alpha value is -0.940. The molecule has 2 atom stereocenters. The van der Waals surface area contributed by atoms with E-state index in [1.807, 2.05) is 12.2 Å². The van der Waals surface area contributed by atoms with Gasteiger partial charge in [-0.2, -0.15) is 17.6 Å². The van der Waals surface area contributed by atoms with Crippen molar-refractivity contribution in [3.05, 3.63) is 23.8 Å². The SMILES string of the molecule is FC(F)C(F)(F)C(F)(F)CCC1=CC2C=CC1C2. The fraction of sp³-hybridized carbons (Fsp3) is 0.667. The molecular formula is C12H12F6. The molecule has 2 bridgehead atoms. The standard InChI is InChI=1S/C12H12F6/c13-10(14)12(17,18)11(15,16)4-3-9-6-7-1-2-8(9)5-7/h1-2,6-8,10H,3-5H2. The number of alkyl halides is 6. The molecule has 0 amide bonds. The third-order valence-corrected chi connectivity index (χ3v) is 3.51. The molecule has 0 fully saturated rings. The number of allylic oxidation sites excluding steroid dienone is 4. The first-order valence-electron chi connectivity index (χ1n) is 5.67. The van der Waals surface area contributed by atoms with E-state index in [0.29, 0.717) is 5.57 Å². The lowest BCUT2D eigenvalue weighted by Gasteiger charge is -2.26. The van der Waals surface area contributed by atoms with Crippen molar-refractivity contribution in [2.45, 2.75) is 37.5 Å². The van der Waals surface area contributed by atoms with Crippen molar-refractivity contribution in [1.82, 2.24) is 0 Å². The van der Waals surface area contributed by atoms with Crippen LogP contribution in [0.1, 0.15) is 19.3 Å². The summed E-state index contributed by atoms with van der Waals surface area (Å²) in [6.07, 6.45) is 0.478. The molecule has 2 rings (SSSR count). The first-order valence-corrected chi connectivity index (χ1v) is 5.67. The lowest BCUT2D eigenvalue weighted by molar-refractivity contribution is -0.265. The Bertz CT molecular complexity index is 382. The van der Waals surface area contributed by atoms with Gasteiger partial charge >= 0.3 is 18.3 Å². The van der Waals surface area contributed by atoms with Gasteiger partial charge in [-0.3, -0.25) is 0 Å². The summed E-state index contributed by atoms with van der Waals surface area (Å²) in [4.78, 5) is 0. The Kier molecular flexibility index (Phi) is 3.23. The van der Waals surface area contributed by atoms with Crippen LogP contribution in [0.3, 0.4) is 0 Å². The zero-order valence-corrected chi connectivity index (χ0v) is 9.35. The Morgan fingerprint density at radius 1 is 1.17 bits per heavy atom. The fourth-order valence-electron chi connectivity index (χ4n) is 2.42. The van der Waals surface area contributed by atoms with E-state index in [0.717, 1.165) is 6.42 Å². The van der Waals surface area contributed by atoms with Crippen molar-refractivity contribution < 1.29 is 26.3 Å². The van der Waals surface area contributed by atoms with E-state index in [-0.39, 0.29) is 18.3 Å². The van der Waals surface area contributed by atoms with Gasteiger partial charge in [0.25, 0.3) is 0 Å². The monoisotopic (exact) mass is 270 g/mol. The molecule has 0 spiro atoms. The quantitative estimate of drug-likeness (QED) is 0.512. The maximum Gasteiger partial charge on any atom is 0.369 e. The van der Waals surface area contributed by atoms with Gasteiger partial charge in [0.2, 0.25) is 0 Å². The minimum Gasteiger partial charge on any atom is -0.203 e. The highest BCUT2D eigenvalue weighted by atomic mass is 19.3.